The normalized spacial score (nSPS) is 11.4. The second-order valence-corrected chi connectivity index (χ2v) is 7.33. The number of aliphatic imine (C=N–C) groups is 1. The molecule has 0 saturated carbocycles. The number of hydrogen-bond donors (Lipinski definition) is 2. The maximum atomic E-state index is 11.4. The van der Waals surface area contributed by atoms with E-state index in [1.54, 1.807) is 56.7 Å². The predicted molar refractivity (Wildman–Crippen MR) is 113 cm³/mol. The number of nitrogens with two attached hydrogens (primary N) is 1. The minimum atomic E-state index is -3.20. The van der Waals surface area contributed by atoms with Crippen LogP contribution < -0.4 is 20.5 Å². The highest BCUT2D eigenvalue weighted by atomic mass is 127. The highest BCUT2D eigenvalue weighted by Crippen LogP contribution is 2.29. The summed E-state index contributed by atoms with van der Waals surface area (Å²) in [5.41, 5.74) is 7.45. The summed E-state index contributed by atoms with van der Waals surface area (Å²) in [6.07, 6.45) is 1.17. The SMILES string of the molecule is COc1ccc(NC(N)=NCc2ccc(S(C)(=O)=O)cc2)cc1OC.I. The van der Waals surface area contributed by atoms with E-state index in [9.17, 15) is 8.42 Å². The zero-order valence-corrected chi connectivity index (χ0v) is 17.9. The lowest BCUT2D eigenvalue weighted by Crippen LogP contribution is -2.22. The van der Waals surface area contributed by atoms with Crippen LogP contribution in [0, 0.1) is 0 Å². The maximum Gasteiger partial charge on any atom is 0.193 e. The van der Waals surface area contributed by atoms with E-state index in [1.165, 1.54) is 6.26 Å². The van der Waals surface area contributed by atoms with Crippen LogP contribution in [0.1, 0.15) is 5.56 Å². The first-order valence-electron chi connectivity index (χ1n) is 7.41. The van der Waals surface area contributed by atoms with E-state index in [-0.39, 0.29) is 34.8 Å². The van der Waals surface area contributed by atoms with Crippen LogP contribution in [0.15, 0.2) is 52.4 Å². The molecular weight excluding hydrogens is 469 g/mol. The van der Waals surface area contributed by atoms with Gasteiger partial charge in [-0.05, 0) is 29.8 Å². The zero-order chi connectivity index (χ0) is 18.4. The molecule has 0 bridgehead atoms. The lowest BCUT2D eigenvalue weighted by molar-refractivity contribution is 0.355. The molecule has 0 radical (unpaired) electrons. The Kier molecular flexibility index (Phi) is 8.15. The topological polar surface area (TPSA) is 103 Å². The van der Waals surface area contributed by atoms with Gasteiger partial charge in [0.05, 0.1) is 25.7 Å². The molecule has 0 fully saturated rings. The molecular formula is C17H22IN3O4S. The molecule has 9 heteroatoms. The Morgan fingerprint density at radius 2 is 1.69 bits per heavy atom. The third-order valence-electron chi connectivity index (χ3n) is 3.44. The maximum absolute atomic E-state index is 11.4. The molecule has 2 aromatic carbocycles. The molecule has 0 spiro atoms. The molecule has 0 unspecified atom stereocenters. The molecule has 0 atom stereocenters. The number of halogens is 1. The number of rotatable bonds is 6. The summed E-state index contributed by atoms with van der Waals surface area (Å²) in [5, 5.41) is 2.97. The highest BCUT2D eigenvalue weighted by molar-refractivity contribution is 14.0. The Balaban J connectivity index is 0.00000338. The van der Waals surface area contributed by atoms with Gasteiger partial charge in [-0.15, -0.1) is 24.0 Å². The monoisotopic (exact) mass is 491 g/mol. The molecule has 0 aliphatic rings. The standard InChI is InChI=1S/C17H21N3O4S.HI/c1-23-15-9-6-13(10-16(15)24-2)20-17(18)19-11-12-4-7-14(8-5-12)25(3,21)22;/h4-10H,11H2,1-3H3,(H3,18,19,20);1H. The van der Waals surface area contributed by atoms with Gasteiger partial charge in [-0.1, -0.05) is 12.1 Å². The Hall–Kier alpha value is -2.01. The van der Waals surface area contributed by atoms with Crippen LogP contribution in [-0.2, 0) is 16.4 Å². The molecule has 0 aromatic heterocycles. The number of nitrogens with one attached hydrogen (secondary N) is 1. The summed E-state index contributed by atoms with van der Waals surface area (Å²) in [6.45, 7) is 0.330. The van der Waals surface area contributed by atoms with Gasteiger partial charge in [-0.3, -0.25) is 0 Å². The third kappa shape index (κ3) is 6.06. The number of hydrogen-bond acceptors (Lipinski definition) is 5. The minimum absolute atomic E-state index is 0. The van der Waals surface area contributed by atoms with Gasteiger partial charge in [0, 0.05) is 18.0 Å². The molecule has 7 nitrogen and oxygen atoms in total. The molecule has 2 aromatic rings. The van der Waals surface area contributed by atoms with Crippen molar-refractivity contribution in [3.05, 3.63) is 48.0 Å². The van der Waals surface area contributed by atoms with E-state index >= 15 is 0 Å². The smallest absolute Gasteiger partial charge is 0.193 e. The van der Waals surface area contributed by atoms with E-state index in [0.29, 0.717) is 23.7 Å². The Labute approximate surface area is 170 Å². The van der Waals surface area contributed by atoms with Gasteiger partial charge in [-0.2, -0.15) is 0 Å². The first-order valence-corrected chi connectivity index (χ1v) is 9.30. The number of benzene rings is 2. The van der Waals surface area contributed by atoms with Crippen LogP contribution in [0.2, 0.25) is 0 Å². The van der Waals surface area contributed by atoms with Gasteiger partial charge in [0.2, 0.25) is 0 Å². The van der Waals surface area contributed by atoms with Gasteiger partial charge < -0.3 is 20.5 Å². The number of methoxy groups -OCH3 is 2. The highest BCUT2D eigenvalue weighted by Gasteiger charge is 2.07. The second kappa shape index (κ2) is 9.62. The molecule has 0 aliphatic heterocycles. The van der Waals surface area contributed by atoms with Crippen LogP contribution in [0.5, 0.6) is 11.5 Å². The summed E-state index contributed by atoms with van der Waals surface area (Å²) < 4.78 is 33.3. The summed E-state index contributed by atoms with van der Waals surface area (Å²) in [6, 6.07) is 11.8. The molecule has 3 N–H and O–H groups in total. The summed E-state index contributed by atoms with van der Waals surface area (Å²) >= 11 is 0. The van der Waals surface area contributed by atoms with Crippen LogP contribution in [-0.4, -0.2) is 34.9 Å². The Morgan fingerprint density at radius 1 is 1.08 bits per heavy atom. The molecule has 2 rings (SSSR count). The van der Waals surface area contributed by atoms with Crippen molar-refractivity contribution in [1.82, 2.24) is 0 Å². The average Bonchev–Trinajstić information content (AvgIpc) is 2.59. The Bertz CT molecular complexity index is 868. The van der Waals surface area contributed by atoms with E-state index in [1.807, 2.05) is 0 Å². The fourth-order valence-electron chi connectivity index (χ4n) is 2.12. The lowest BCUT2D eigenvalue weighted by atomic mass is 10.2. The molecule has 142 valence electrons. The number of sulfone groups is 1. The Morgan fingerprint density at radius 3 is 2.23 bits per heavy atom. The van der Waals surface area contributed by atoms with E-state index in [2.05, 4.69) is 10.3 Å². The summed E-state index contributed by atoms with van der Waals surface area (Å²) in [7, 11) is -0.0788. The van der Waals surface area contributed by atoms with Crippen LogP contribution >= 0.6 is 24.0 Å². The van der Waals surface area contributed by atoms with Gasteiger partial charge in [0.25, 0.3) is 0 Å². The van der Waals surface area contributed by atoms with Crippen molar-refractivity contribution in [2.45, 2.75) is 11.4 Å². The van der Waals surface area contributed by atoms with Crippen molar-refractivity contribution in [2.24, 2.45) is 10.7 Å². The van der Waals surface area contributed by atoms with E-state index in [0.717, 1.165) is 5.56 Å². The molecule has 0 aliphatic carbocycles. The van der Waals surface area contributed by atoms with Crippen molar-refractivity contribution in [1.29, 1.82) is 0 Å². The fraction of sp³-hybridized carbons (Fsp3) is 0.235. The first-order chi connectivity index (χ1) is 11.8. The fourth-order valence-corrected chi connectivity index (χ4v) is 2.75. The average molecular weight is 491 g/mol. The van der Waals surface area contributed by atoms with Crippen molar-refractivity contribution in [2.75, 3.05) is 25.8 Å². The van der Waals surface area contributed by atoms with Gasteiger partial charge in [-0.25, -0.2) is 13.4 Å². The van der Waals surface area contributed by atoms with E-state index < -0.39 is 9.84 Å². The van der Waals surface area contributed by atoms with Crippen molar-refractivity contribution < 1.29 is 17.9 Å². The van der Waals surface area contributed by atoms with Crippen LogP contribution in [0.25, 0.3) is 0 Å². The van der Waals surface area contributed by atoms with Crippen LogP contribution in [0.3, 0.4) is 0 Å². The zero-order valence-electron chi connectivity index (χ0n) is 14.7. The molecule has 26 heavy (non-hydrogen) atoms. The third-order valence-corrected chi connectivity index (χ3v) is 4.57. The lowest BCUT2D eigenvalue weighted by Gasteiger charge is -2.11. The largest absolute Gasteiger partial charge is 0.493 e. The first kappa shape index (κ1) is 22.0. The molecule has 0 saturated heterocycles. The van der Waals surface area contributed by atoms with Gasteiger partial charge >= 0.3 is 0 Å². The minimum Gasteiger partial charge on any atom is -0.493 e. The number of guanidine groups is 1. The molecule has 0 amide bonds. The van der Waals surface area contributed by atoms with Crippen molar-refractivity contribution in [3.63, 3.8) is 0 Å². The summed E-state index contributed by atoms with van der Waals surface area (Å²) in [5.74, 6) is 1.44. The van der Waals surface area contributed by atoms with Gasteiger partial charge in [0.15, 0.2) is 27.3 Å². The summed E-state index contributed by atoms with van der Waals surface area (Å²) in [4.78, 5) is 4.52. The van der Waals surface area contributed by atoms with E-state index in [4.69, 9.17) is 15.2 Å². The second-order valence-electron chi connectivity index (χ2n) is 5.31. The van der Waals surface area contributed by atoms with Gasteiger partial charge in [0.1, 0.15) is 0 Å². The predicted octanol–water partition coefficient (Wildman–Crippen LogP) is 2.65. The number of nitrogens with zero attached hydrogens (tertiary/aromatic N) is 1. The molecule has 0 heterocycles. The number of ether oxygens (including phenoxy) is 2. The van der Waals surface area contributed by atoms with Crippen LogP contribution in [0.4, 0.5) is 5.69 Å². The quantitative estimate of drug-likeness (QED) is 0.366. The van der Waals surface area contributed by atoms with Crippen molar-refractivity contribution >= 4 is 45.5 Å². The van der Waals surface area contributed by atoms with Crippen molar-refractivity contribution in [3.8, 4) is 11.5 Å². The number of anilines is 1.